The molecule has 1 aromatic carbocycles. The smallest absolute Gasteiger partial charge is 0.336 e. The molecule has 1 aromatic heterocycles. The minimum atomic E-state index is -4.10. The van der Waals surface area contributed by atoms with Gasteiger partial charge in [-0.25, -0.2) is 0 Å². The van der Waals surface area contributed by atoms with Gasteiger partial charge in [0, 0.05) is 12.3 Å². The van der Waals surface area contributed by atoms with Gasteiger partial charge in [0.15, 0.2) is 0 Å². The van der Waals surface area contributed by atoms with E-state index in [4.69, 9.17) is 10.2 Å². The summed E-state index contributed by atoms with van der Waals surface area (Å²) in [5.74, 6) is 0. The van der Waals surface area contributed by atoms with Gasteiger partial charge in [0.05, 0.1) is 16.8 Å². The summed E-state index contributed by atoms with van der Waals surface area (Å²) in [6.07, 6.45) is 1.26. The summed E-state index contributed by atoms with van der Waals surface area (Å²) in [5, 5.41) is 36.5. The molecule has 6 nitrogen and oxygen atoms in total. The number of benzene rings is 1. The topological polar surface area (TPSA) is 103 Å². The number of aliphatic hydroxyl groups is 4. The highest BCUT2D eigenvalue weighted by molar-refractivity contribution is 5.49. The predicted octanol–water partition coefficient (Wildman–Crippen LogP) is 0.275. The number of alkyl halides is 2. The minimum absolute atomic E-state index is 0.441. The second-order valence-electron chi connectivity index (χ2n) is 4.79. The van der Waals surface area contributed by atoms with Gasteiger partial charge in [-0.05, 0) is 24.6 Å². The zero-order valence-corrected chi connectivity index (χ0v) is 11.4. The van der Waals surface area contributed by atoms with Crippen LogP contribution in [-0.2, 0) is 12.1 Å². The summed E-state index contributed by atoms with van der Waals surface area (Å²) in [4.78, 5) is 11.9. The molecule has 0 amide bonds. The van der Waals surface area contributed by atoms with Gasteiger partial charge < -0.3 is 20.4 Å². The van der Waals surface area contributed by atoms with Crippen LogP contribution in [-0.4, -0.2) is 25.0 Å². The summed E-state index contributed by atoms with van der Waals surface area (Å²) >= 11 is 0. The summed E-state index contributed by atoms with van der Waals surface area (Å²) < 4.78 is 28.0. The van der Waals surface area contributed by atoms with Crippen LogP contribution in [0.15, 0.2) is 41.3 Å². The molecule has 2 rings (SSSR count). The maximum absolute atomic E-state index is 13.7. The molecule has 22 heavy (non-hydrogen) atoms. The molecular weight excluding hydrogens is 300 g/mol. The van der Waals surface area contributed by atoms with Crippen LogP contribution in [0.25, 0.3) is 5.69 Å². The lowest BCUT2D eigenvalue weighted by atomic mass is 10.0. The van der Waals surface area contributed by atoms with Gasteiger partial charge in [-0.3, -0.25) is 9.36 Å². The van der Waals surface area contributed by atoms with Gasteiger partial charge in [0.25, 0.3) is 5.56 Å². The fourth-order valence-corrected chi connectivity index (χ4v) is 2.12. The van der Waals surface area contributed by atoms with Crippen LogP contribution >= 0.6 is 0 Å². The molecule has 1 heterocycles. The molecule has 0 atom stereocenters. The Morgan fingerprint density at radius 3 is 2.18 bits per heavy atom. The Balaban J connectivity index is 2.88. The number of hydrogen-bond acceptors (Lipinski definition) is 5. The molecule has 0 aliphatic carbocycles. The van der Waals surface area contributed by atoms with Gasteiger partial charge in [0.1, 0.15) is 0 Å². The molecule has 0 radical (unpaired) electrons. The average Bonchev–Trinajstić information content (AvgIpc) is 2.38. The van der Waals surface area contributed by atoms with Crippen LogP contribution in [0.3, 0.4) is 0 Å². The van der Waals surface area contributed by atoms with Crippen molar-refractivity contribution in [2.45, 2.75) is 19.0 Å². The van der Waals surface area contributed by atoms with E-state index in [1.54, 1.807) is 6.92 Å². The standard InChI is InChI=1S/C14H13F2NO5/c1-8-5-6-11(18)17(7-8)10-4-2-3-9(13(15,19)20)12(10)14(16,21)22/h2-7,19-22H,1H3. The van der Waals surface area contributed by atoms with Gasteiger partial charge in [-0.1, -0.05) is 12.1 Å². The molecular formula is C14H13F2NO5. The number of halogens is 2. The van der Waals surface area contributed by atoms with E-state index in [0.29, 0.717) is 5.56 Å². The van der Waals surface area contributed by atoms with Crippen LogP contribution in [0.1, 0.15) is 16.7 Å². The van der Waals surface area contributed by atoms with E-state index in [0.717, 1.165) is 28.8 Å². The molecule has 0 aliphatic rings. The van der Waals surface area contributed by atoms with E-state index in [-0.39, 0.29) is 0 Å². The van der Waals surface area contributed by atoms with Crippen molar-refractivity contribution in [2.75, 3.05) is 0 Å². The van der Waals surface area contributed by atoms with Gasteiger partial charge in [-0.15, -0.1) is 0 Å². The first-order valence-electron chi connectivity index (χ1n) is 6.13. The lowest BCUT2D eigenvalue weighted by Crippen LogP contribution is -2.31. The van der Waals surface area contributed by atoms with Crippen LogP contribution < -0.4 is 5.56 Å². The first-order valence-corrected chi connectivity index (χ1v) is 6.13. The van der Waals surface area contributed by atoms with E-state index < -0.39 is 34.5 Å². The fraction of sp³-hybridized carbons (Fsp3) is 0.214. The molecule has 0 saturated heterocycles. The number of nitrogens with zero attached hydrogens (tertiary/aromatic N) is 1. The predicted molar refractivity (Wildman–Crippen MR) is 71.2 cm³/mol. The third-order valence-electron chi connectivity index (χ3n) is 3.02. The monoisotopic (exact) mass is 313 g/mol. The van der Waals surface area contributed by atoms with Crippen molar-refractivity contribution >= 4 is 0 Å². The van der Waals surface area contributed by atoms with Crippen molar-refractivity contribution in [3.63, 3.8) is 0 Å². The molecule has 4 N–H and O–H groups in total. The summed E-state index contributed by atoms with van der Waals surface area (Å²) in [6.45, 7) is 1.62. The first-order chi connectivity index (χ1) is 10.0. The van der Waals surface area contributed by atoms with E-state index in [9.17, 15) is 23.8 Å². The second kappa shape index (κ2) is 5.25. The average molecular weight is 313 g/mol. The normalized spacial score (nSPS) is 12.5. The van der Waals surface area contributed by atoms with Crippen molar-refractivity contribution in [1.29, 1.82) is 0 Å². The fourth-order valence-electron chi connectivity index (χ4n) is 2.12. The van der Waals surface area contributed by atoms with Gasteiger partial charge in [0.2, 0.25) is 0 Å². The van der Waals surface area contributed by atoms with Crippen LogP contribution in [0, 0.1) is 6.92 Å². The summed E-state index contributed by atoms with van der Waals surface area (Å²) in [7, 11) is 0. The Morgan fingerprint density at radius 1 is 1.00 bits per heavy atom. The Bertz CT molecular complexity index is 759. The van der Waals surface area contributed by atoms with Crippen LogP contribution in [0.2, 0.25) is 0 Å². The zero-order valence-electron chi connectivity index (χ0n) is 11.4. The second-order valence-corrected chi connectivity index (χ2v) is 4.79. The lowest BCUT2D eigenvalue weighted by molar-refractivity contribution is -0.290. The molecule has 0 spiro atoms. The van der Waals surface area contributed by atoms with E-state index >= 15 is 0 Å². The largest absolute Gasteiger partial charge is 0.346 e. The van der Waals surface area contributed by atoms with Gasteiger partial charge >= 0.3 is 12.1 Å². The van der Waals surface area contributed by atoms with E-state index in [1.165, 1.54) is 12.3 Å². The van der Waals surface area contributed by atoms with Crippen LogP contribution in [0.4, 0.5) is 8.78 Å². The maximum Gasteiger partial charge on any atom is 0.346 e. The third-order valence-corrected chi connectivity index (χ3v) is 3.02. The Kier molecular flexibility index (Phi) is 3.88. The quantitative estimate of drug-likeness (QED) is 0.609. The highest BCUT2D eigenvalue weighted by atomic mass is 19.2. The molecule has 0 aliphatic heterocycles. The first kappa shape index (κ1) is 16.2. The minimum Gasteiger partial charge on any atom is -0.336 e. The molecule has 2 aromatic rings. The molecule has 0 saturated carbocycles. The van der Waals surface area contributed by atoms with Gasteiger partial charge in [-0.2, -0.15) is 8.78 Å². The van der Waals surface area contributed by atoms with E-state index in [2.05, 4.69) is 0 Å². The molecule has 0 fully saturated rings. The summed E-state index contributed by atoms with van der Waals surface area (Å²) in [6, 6.07) is -2.55. The maximum atomic E-state index is 13.7. The number of aryl methyl sites for hydroxylation is 1. The zero-order chi connectivity index (χ0) is 16.7. The van der Waals surface area contributed by atoms with E-state index in [1.807, 2.05) is 0 Å². The van der Waals surface area contributed by atoms with Crippen LogP contribution in [0.5, 0.6) is 0 Å². The third kappa shape index (κ3) is 3.04. The highest BCUT2D eigenvalue weighted by Crippen LogP contribution is 2.35. The van der Waals surface area contributed by atoms with Crippen molar-refractivity contribution in [1.82, 2.24) is 4.57 Å². The summed E-state index contributed by atoms with van der Waals surface area (Å²) in [5.41, 5.74) is -2.84. The van der Waals surface area contributed by atoms with Crippen molar-refractivity contribution in [2.24, 2.45) is 0 Å². The molecule has 118 valence electrons. The molecule has 0 bridgehead atoms. The number of pyridine rings is 1. The van der Waals surface area contributed by atoms with Crippen molar-refractivity contribution < 1.29 is 29.2 Å². The SMILES string of the molecule is Cc1ccc(=O)n(-c2cccc(C(O)(O)F)c2C(O)(O)F)c1. The number of aromatic nitrogens is 1. The highest BCUT2D eigenvalue weighted by Gasteiger charge is 2.40. The van der Waals surface area contributed by atoms with Crippen molar-refractivity contribution in [3.05, 3.63) is 63.6 Å². The Morgan fingerprint density at radius 2 is 1.64 bits per heavy atom. The van der Waals surface area contributed by atoms with Crippen molar-refractivity contribution in [3.8, 4) is 5.69 Å². The Labute approximate surface area is 123 Å². The number of hydrogen-bond donors (Lipinski definition) is 4. The Hall–Kier alpha value is -2.13. The molecule has 8 heteroatoms. The molecule has 0 unspecified atom stereocenters. The lowest BCUT2D eigenvalue weighted by Gasteiger charge is -2.24. The number of rotatable bonds is 3.